The number of H-pyrrole nitrogens is 1. The molecule has 0 saturated heterocycles. The second-order valence-corrected chi connectivity index (χ2v) is 2.08. The van der Waals surface area contributed by atoms with Gasteiger partial charge < -0.3 is 4.98 Å². The molecule has 0 spiro atoms. The van der Waals surface area contributed by atoms with Crippen LogP contribution >= 0.6 is 0 Å². The Bertz CT molecular complexity index is 262. The molecular weight excluding hydrogens is 124 g/mol. The van der Waals surface area contributed by atoms with E-state index in [4.69, 9.17) is 5.26 Å². The Morgan fingerprint density at radius 1 is 1.80 bits per heavy atom. The average molecular weight is 132 g/mol. The second-order valence-electron chi connectivity index (χ2n) is 2.08. The lowest BCUT2D eigenvalue weighted by Crippen LogP contribution is -1.66. The van der Waals surface area contributed by atoms with Crippen molar-refractivity contribution in [3.63, 3.8) is 0 Å². The molecule has 10 heavy (non-hydrogen) atoms. The Morgan fingerprint density at radius 2 is 2.60 bits per heavy atom. The van der Waals surface area contributed by atoms with Gasteiger partial charge in [0, 0.05) is 18.0 Å². The third-order valence-corrected chi connectivity index (χ3v) is 1.18. The summed E-state index contributed by atoms with van der Waals surface area (Å²) in [6.45, 7) is 1.78. The highest BCUT2D eigenvalue weighted by molar-refractivity contribution is 5.55. The molecule has 2 nitrogen and oxygen atoms in total. The van der Waals surface area contributed by atoms with Gasteiger partial charge in [0.15, 0.2) is 0 Å². The molecule has 0 amide bonds. The minimum Gasteiger partial charge on any atom is -0.367 e. The van der Waals surface area contributed by atoms with E-state index >= 15 is 0 Å². The van der Waals surface area contributed by atoms with Gasteiger partial charge in [0.1, 0.15) is 0 Å². The summed E-state index contributed by atoms with van der Waals surface area (Å²) in [6.07, 6.45) is 5.51. The predicted octanol–water partition coefficient (Wildman–Crippen LogP) is 1.94. The summed E-state index contributed by atoms with van der Waals surface area (Å²) in [7, 11) is 0. The first-order valence-electron chi connectivity index (χ1n) is 3.04. The van der Waals surface area contributed by atoms with Crippen molar-refractivity contribution >= 4 is 6.08 Å². The summed E-state index contributed by atoms with van der Waals surface area (Å²) in [4.78, 5) is 2.91. The topological polar surface area (TPSA) is 39.6 Å². The van der Waals surface area contributed by atoms with E-state index in [9.17, 15) is 0 Å². The zero-order valence-electron chi connectivity index (χ0n) is 5.76. The van der Waals surface area contributed by atoms with Crippen molar-refractivity contribution in [2.24, 2.45) is 0 Å². The molecule has 1 aromatic rings. The molecule has 0 radical (unpaired) electrons. The maximum absolute atomic E-state index is 8.41. The first-order chi connectivity index (χ1) is 4.83. The third-order valence-electron chi connectivity index (χ3n) is 1.18. The van der Waals surface area contributed by atoms with Gasteiger partial charge in [-0.3, -0.25) is 0 Å². The zero-order valence-corrected chi connectivity index (χ0v) is 5.76. The summed E-state index contributed by atoms with van der Waals surface area (Å²) >= 11 is 0. The molecule has 0 fully saturated rings. The van der Waals surface area contributed by atoms with Crippen LogP contribution in [0.1, 0.15) is 12.5 Å². The molecule has 0 aliphatic carbocycles. The Balaban J connectivity index is 2.83. The monoisotopic (exact) mass is 132 g/mol. The van der Waals surface area contributed by atoms with E-state index in [2.05, 4.69) is 11.1 Å². The Kier molecular flexibility index (Phi) is 1.91. The van der Waals surface area contributed by atoms with Crippen molar-refractivity contribution in [1.29, 1.82) is 5.26 Å². The van der Waals surface area contributed by atoms with Gasteiger partial charge >= 0.3 is 0 Å². The van der Waals surface area contributed by atoms with Crippen molar-refractivity contribution in [3.8, 4) is 6.07 Å². The van der Waals surface area contributed by atoms with E-state index in [1.807, 2.05) is 24.5 Å². The van der Waals surface area contributed by atoms with E-state index in [0.29, 0.717) is 0 Å². The van der Waals surface area contributed by atoms with Crippen LogP contribution in [0.25, 0.3) is 6.08 Å². The quantitative estimate of drug-likeness (QED) is 0.583. The Labute approximate surface area is 59.8 Å². The molecule has 1 N–H and O–H groups in total. The lowest BCUT2D eigenvalue weighted by Gasteiger charge is -1.82. The summed E-state index contributed by atoms with van der Waals surface area (Å²) in [5.41, 5.74) is 1.76. The van der Waals surface area contributed by atoms with Crippen molar-refractivity contribution < 1.29 is 0 Å². The summed E-state index contributed by atoms with van der Waals surface area (Å²) in [5.74, 6) is 0. The van der Waals surface area contributed by atoms with Crippen LogP contribution in [-0.2, 0) is 0 Å². The highest BCUT2D eigenvalue weighted by Crippen LogP contribution is 2.03. The smallest absolute Gasteiger partial charge is 0.0944 e. The fraction of sp³-hybridized carbons (Fsp3) is 0.125. The van der Waals surface area contributed by atoms with E-state index in [0.717, 1.165) is 11.1 Å². The molecule has 0 aliphatic rings. The standard InChI is InChI=1S/C8H8N2/c1-7(5-9)4-8-2-3-10-6-8/h2-4,6,10H,1H3/b7-4+. The number of nitrogens with zero attached hydrogens (tertiary/aromatic N) is 1. The highest BCUT2D eigenvalue weighted by atomic mass is 14.6. The minimum atomic E-state index is 0.722. The number of nitrogens with one attached hydrogen (secondary N) is 1. The molecule has 1 rings (SSSR count). The number of aromatic amines is 1. The van der Waals surface area contributed by atoms with Crippen LogP contribution in [-0.4, -0.2) is 4.98 Å². The summed E-state index contributed by atoms with van der Waals surface area (Å²) in [5, 5.41) is 8.41. The lowest BCUT2D eigenvalue weighted by molar-refractivity contribution is 1.41. The average Bonchev–Trinajstić information content (AvgIpc) is 2.40. The molecule has 0 aromatic carbocycles. The van der Waals surface area contributed by atoms with Crippen LogP contribution in [0.15, 0.2) is 24.0 Å². The van der Waals surface area contributed by atoms with Crippen LogP contribution in [0.4, 0.5) is 0 Å². The van der Waals surface area contributed by atoms with E-state index < -0.39 is 0 Å². The Hall–Kier alpha value is -1.49. The number of aromatic nitrogens is 1. The SMILES string of the molecule is C/C(C#N)=C\c1cc[nH]c1. The van der Waals surface area contributed by atoms with Crippen LogP contribution in [0.3, 0.4) is 0 Å². The molecule has 0 atom stereocenters. The fourth-order valence-corrected chi connectivity index (χ4v) is 0.709. The van der Waals surface area contributed by atoms with Gasteiger partial charge in [-0.1, -0.05) is 0 Å². The molecule has 0 saturated carbocycles. The highest BCUT2D eigenvalue weighted by Gasteiger charge is 1.86. The van der Waals surface area contributed by atoms with Gasteiger partial charge in [0.05, 0.1) is 6.07 Å². The second kappa shape index (κ2) is 2.88. The van der Waals surface area contributed by atoms with E-state index in [1.54, 1.807) is 6.92 Å². The maximum Gasteiger partial charge on any atom is 0.0944 e. The normalized spacial score (nSPS) is 11.0. The van der Waals surface area contributed by atoms with Crippen LogP contribution in [0.5, 0.6) is 0 Å². The molecule has 1 aromatic heterocycles. The van der Waals surface area contributed by atoms with Gasteiger partial charge in [-0.25, -0.2) is 0 Å². The van der Waals surface area contributed by atoms with Crippen LogP contribution < -0.4 is 0 Å². The molecule has 1 heterocycles. The molecular formula is C8H8N2. The number of hydrogen-bond donors (Lipinski definition) is 1. The fourth-order valence-electron chi connectivity index (χ4n) is 0.709. The van der Waals surface area contributed by atoms with Gasteiger partial charge in [-0.15, -0.1) is 0 Å². The first kappa shape index (κ1) is 6.63. The predicted molar refractivity (Wildman–Crippen MR) is 40.1 cm³/mol. The first-order valence-corrected chi connectivity index (χ1v) is 3.04. The summed E-state index contributed by atoms with van der Waals surface area (Å²) < 4.78 is 0. The molecule has 2 heteroatoms. The van der Waals surface area contributed by atoms with Crippen molar-refractivity contribution in [1.82, 2.24) is 4.98 Å². The number of nitriles is 1. The number of rotatable bonds is 1. The molecule has 0 bridgehead atoms. The summed E-state index contributed by atoms with van der Waals surface area (Å²) in [6, 6.07) is 3.97. The van der Waals surface area contributed by atoms with Gasteiger partial charge in [-0.05, 0) is 24.6 Å². The van der Waals surface area contributed by atoms with E-state index in [-0.39, 0.29) is 0 Å². The van der Waals surface area contributed by atoms with Gasteiger partial charge in [0.2, 0.25) is 0 Å². The molecule has 0 aliphatic heterocycles. The van der Waals surface area contributed by atoms with Crippen molar-refractivity contribution in [2.45, 2.75) is 6.92 Å². The number of hydrogen-bond acceptors (Lipinski definition) is 1. The number of allylic oxidation sites excluding steroid dienone is 1. The maximum atomic E-state index is 8.41. The van der Waals surface area contributed by atoms with Crippen molar-refractivity contribution in [3.05, 3.63) is 29.6 Å². The van der Waals surface area contributed by atoms with E-state index in [1.165, 1.54) is 0 Å². The van der Waals surface area contributed by atoms with Crippen LogP contribution in [0.2, 0.25) is 0 Å². The minimum absolute atomic E-state index is 0.722. The Morgan fingerprint density at radius 3 is 3.10 bits per heavy atom. The lowest BCUT2D eigenvalue weighted by atomic mass is 10.2. The third kappa shape index (κ3) is 1.49. The molecule has 50 valence electrons. The van der Waals surface area contributed by atoms with Crippen molar-refractivity contribution in [2.75, 3.05) is 0 Å². The zero-order chi connectivity index (χ0) is 7.40. The largest absolute Gasteiger partial charge is 0.367 e. The molecule has 0 unspecified atom stereocenters. The van der Waals surface area contributed by atoms with Gasteiger partial charge in [-0.2, -0.15) is 5.26 Å². The van der Waals surface area contributed by atoms with Gasteiger partial charge in [0.25, 0.3) is 0 Å². The van der Waals surface area contributed by atoms with Crippen LogP contribution in [0, 0.1) is 11.3 Å².